The van der Waals surface area contributed by atoms with Gasteiger partial charge in [0.25, 0.3) is 0 Å². The molecule has 0 radical (unpaired) electrons. The fourth-order valence-corrected chi connectivity index (χ4v) is 4.18. The number of carboxylic acid groups (broad SMARTS) is 1. The van der Waals surface area contributed by atoms with E-state index < -0.39 is 5.97 Å². The zero-order chi connectivity index (χ0) is 15.0. The quantitative estimate of drug-likeness (QED) is 0.904. The lowest BCUT2D eigenvalue weighted by Gasteiger charge is -2.45. The number of hydrogen-bond donors (Lipinski definition) is 1. The van der Waals surface area contributed by atoms with Crippen LogP contribution in [-0.2, 0) is 0 Å². The zero-order valence-electron chi connectivity index (χ0n) is 12.9. The number of aryl methyl sites for hydroxylation is 2. The molecule has 0 bridgehead atoms. The summed E-state index contributed by atoms with van der Waals surface area (Å²) in [6, 6.07) is 2.36. The van der Waals surface area contributed by atoms with Crippen molar-refractivity contribution in [1.29, 1.82) is 0 Å². The fourth-order valence-electron chi connectivity index (χ4n) is 4.18. The monoisotopic (exact) mass is 288 g/mol. The Labute approximate surface area is 126 Å². The highest BCUT2D eigenvalue weighted by molar-refractivity contribution is 5.95. The van der Waals surface area contributed by atoms with Gasteiger partial charge < -0.3 is 10.0 Å². The van der Waals surface area contributed by atoms with Crippen LogP contribution in [0.5, 0.6) is 0 Å². The van der Waals surface area contributed by atoms with E-state index >= 15 is 0 Å². The minimum atomic E-state index is -0.854. The summed E-state index contributed by atoms with van der Waals surface area (Å²) in [7, 11) is 0. The SMILES string of the molecule is Cc1cc(C)c(C(=O)O)c(N2CCC[C@H]3CCCC[C@H]32)n1. The normalized spacial score (nSPS) is 25.5. The number of carboxylic acids is 1. The maximum atomic E-state index is 11.7. The lowest BCUT2D eigenvalue weighted by Crippen LogP contribution is -2.48. The molecule has 1 aromatic rings. The summed E-state index contributed by atoms with van der Waals surface area (Å²) in [4.78, 5) is 18.6. The van der Waals surface area contributed by atoms with Gasteiger partial charge in [-0.25, -0.2) is 9.78 Å². The third kappa shape index (κ3) is 2.63. The average Bonchev–Trinajstić information content (AvgIpc) is 2.45. The lowest BCUT2D eigenvalue weighted by atomic mass is 9.78. The Morgan fingerprint density at radius 2 is 1.95 bits per heavy atom. The maximum Gasteiger partial charge on any atom is 0.339 e. The molecule has 1 aromatic heterocycles. The number of rotatable bonds is 2. The second-order valence-corrected chi connectivity index (χ2v) is 6.53. The smallest absolute Gasteiger partial charge is 0.339 e. The average molecular weight is 288 g/mol. The number of nitrogens with zero attached hydrogens (tertiary/aromatic N) is 2. The number of carbonyl (C=O) groups is 1. The first-order valence-corrected chi connectivity index (χ1v) is 8.06. The number of aromatic carboxylic acids is 1. The first kappa shape index (κ1) is 14.4. The summed E-state index contributed by atoms with van der Waals surface area (Å²) in [5, 5.41) is 9.60. The number of piperidine rings is 1. The molecule has 2 aliphatic rings. The molecule has 2 fully saturated rings. The van der Waals surface area contributed by atoms with E-state index in [-0.39, 0.29) is 0 Å². The van der Waals surface area contributed by atoms with Gasteiger partial charge >= 0.3 is 5.97 Å². The van der Waals surface area contributed by atoms with Crippen LogP contribution in [0.4, 0.5) is 5.82 Å². The minimum absolute atomic E-state index is 0.395. The van der Waals surface area contributed by atoms with Crippen molar-refractivity contribution >= 4 is 11.8 Å². The molecule has 1 saturated carbocycles. The largest absolute Gasteiger partial charge is 0.478 e. The highest BCUT2D eigenvalue weighted by Crippen LogP contribution is 2.38. The van der Waals surface area contributed by atoms with E-state index in [0.29, 0.717) is 17.4 Å². The highest BCUT2D eigenvalue weighted by Gasteiger charge is 2.35. The first-order chi connectivity index (χ1) is 10.1. The van der Waals surface area contributed by atoms with E-state index in [1.807, 2.05) is 19.9 Å². The molecule has 0 spiro atoms. The van der Waals surface area contributed by atoms with Gasteiger partial charge in [0.1, 0.15) is 11.4 Å². The van der Waals surface area contributed by atoms with E-state index in [1.165, 1.54) is 32.1 Å². The molecule has 1 aliphatic carbocycles. The van der Waals surface area contributed by atoms with Gasteiger partial charge in [0, 0.05) is 18.3 Å². The van der Waals surface area contributed by atoms with Gasteiger partial charge in [-0.3, -0.25) is 0 Å². The van der Waals surface area contributed by atoms with Crippen molar-refractivity contribution in [3.63, 3.8) is 0 Å². The van der Waals surface area contributed by atoms with Crippen molar-refractivity contribution in [2.75, 3.05) is 11.4 Å². The molecule has 21 heavy (non-hydrogen) atoms. The molecule has 4 nitrogen and oxygen atoms in total. The predicted molar refractivity (Wildman–Crippen MR) is 83.0 cm³/mol. The van der Waals surface area contributed by atoms with Crippen LogP contribution in [0, 0.1) is 19.8 Å². The van der Waals surface area contributed by atoms with Gasteiger partial charge in [0.05, 0.1) is 0 Å². The van der Waals surface area contributed by atoms with E-state index in [2.05, 4.69) is 9.88 Å². The van der Waals surface area contributed by atoms with Crippen molar-refractivity contribution in [3.05, 3.63) is 22.9 Å². The molecule has 2 atom stereocenters. The van der Waals surface area contributed by atoms with Gasteiger partial charge in [-0.15, -0.1) is 0 Å². The molecule has 0 aromatic carbocycles. The minimum Gasteiger partial charge on any atom is -0.478 e. The summed E-state index contributed by atoms with van der Waals surface area (Å²) >= 11 is 0. The van der Waals surface area contributed by atoms with Crippen molar-refractivity contribution in [1.82, 2.24) is 4.98 Å². The fraction of sp³-hybridized carbons (Fsp3) is 0.647. The topological polar surface area (TPSA) is 53.4 Å². The lowest BCUT2D eigenvalue weighted by molar-refractivity contribution is 0.0696. The summed E-state index contributed by atoms with van der Waals surface area (Å²) < 4.78 is 0. The van der Waals surface area contributed by atoms with Crippen LogP contribution in [0.1, 0.15) is 60.1 Å². The Kier molecular flexibility index (Phi) is 3.87. The van der Waals surface area contributed by atoms with Crippen molar-refractivity contribution in [3.8, 4) is 0 Å². The van der Waals surface area contributed by atoms with Crippen molar-refractivity contribution in [2.24, 2.45) is 5.92 Å². The molecule has 3 rings (SSSR count). The Morgan fingerprint density at radius 1 is 1.24 bits per heavy atom. The standard InChI is InChI=1S/C17H24N2O2/c1-11-10-12(2)18-16(15(11)17(20)21)19-9-5-7-13-6-3-4-8-14(13)19/h10,13-14H,3-9H2,1-2H3,(H,20,21)/t13-,14-/m1/s1. The van der Waals surface area contributed by atoms with E-state index in [9.17, 15) is 9.90 Å². The summed E-state index contributed by atoms with van der Waals surface area (Å²) in [6.07, 6.45) is 7.47. The van der Waals surface area contributed by atoms with Crippen LogP contribution >= 0.6 is 0 Å². The maximum absolute atomic E-state index is 11.7. The number of anilines is 1. The molecule has 1 N–H and O–H groups in total. The summed E-state index contributed by atoms with van der Waals surface area (Å²) in [6.45, 7) is 4.77. The molecule has 114 valence electrons. The van der Waals surface area contributed by atoms with Crippen LogP contribution in [0.3, 0.4) is 0 Å². The van der Waals surface area contributed by atoms with E-state index in [1.54, 1.807) is 0 Å². The molecule has 1 aliphatic heterocycles. The predicted octanol–water partition coefficient (Wildman–Crippen LogP) is 3.56. The van der Waals surface area contributed by atoms with E-state index in [4.69, 9.17) is 0 Å². The molecular weight excluding hydrogens is 264 g/mol. The van der Waals surface area contributed by atoms with Crippen molar-refractivity contribution < 1.29 is 9.90 Å². The van der Waals surface area contributed by atoms with Crippen LogP contribution in [-0.4, -0.2) is 28.6 Å². The van der Waals surface area contributed by atoms with E-state index in [0.717, 1.165) is 30.1 Å². The Bertz CT molecular complexity index is 554. The van der Waals surface area contributed by atoms with Crippen LogP contribution in [0.25, 0.3) is 0 Å². The zero-order valence-corrected chi connectivity index (χ0v) is 12.9. The summed E-state index contributed by atoms with van der Waals surface area (Å²) in [5.41, 5.74) is 2.13. The third-order valence-electron chi connectivity index (χ3n) is 5.05. The van der Waals surface area contributed by atoms with Gasteiger partial charge in [0.2, 0.25) is 0 Å². The first-order valence-electron chi connectivity index (χ1n) is 8.06. The number of aromatic nitrogens is 1. The number of fused-ring (bicyclic) bond motifs is 1. The Hall–Kier alpha value is -1.58. The molecule has 0 unspecified atom stereocenters. The number of hydrogen-bond acceptors (Lipinski definition) is 3. The Balaban J connectivity index is 2.04. The van der Waals surface area contributed by atoms with Gasteiger partial charge in [0.15, 0.2) is 0 Å². The molecule has 4 heteroatoms. The third-order valence-corrected chi connectivity index (χ3v) is 5.05. The number of pyridine rings is 1. The molecule has 0 amide bonds. The van der Waals surface area contributed by atoms with Crippen LogP contribution < -0.4 is 4.90 Å². The van der Waals surface area contributed by atoms with Crippen molar-refractivity contribution in [2.45, 2.75) is 58.4 Å². The molecule has 1 saturated heterocycles. The van der Waals surface area contributed by atoms with Gasteiger partial charge in [-0.2, -0.15) is 0 Å². The highest BCUT2D eigenvalue weighted by atomic mass is 16.4. The second kappa shape index (κ2) is 5.66. The Morgan fingerprint density at radius 3 is 2.71 bits per heavy atom. The molecule has 2 heterocycles. The van der Waals surface area contributed by atoms with Gasteiger partial charge in [-0.1, -0.05) is 12.8 Å². The van der Waals surface area contributed by atoms with Crippen LogP contribution in [0.15, 0.2) is 6.07 Å². The van der Waals surface area contributed by atoms with Crippen LogP contribution in [0.2, 0.25) is 0 Å². The molecular formula is C17H24N2O2. The summed E-state index contributed by atoms with van der Waals surface area (Å²) in [5.74, 6) is 0.571. The van der Waals surface area contributed by atoms with Gasteiger partial charge in [-0.05, 0) is 57.1 Å². The second-order valence-electron chi connectivity index (χ2n) is 6.53.